The second-order valence-electron chi connectivity index (χ2n) is 7.17. The monoisotopic (exact) mass is 360 g/mol. The van der Waals surface area contributed by atoms with E-state index in [-0.39, 0.29) is 29.9 Å². The molecule has 0 aliphatic carbocycles. The maximum absolute atomic E-state index is 12.9. The van der Waals surface area contributed by atoms with Crippen LogP contribution in [0.5, 0.6) is 5.88 Å². The third kappa shape index (κ3) is 3.65. The van der Waals surface area contributed by atoms with Crippen LogP contribution in [0.3, 0.4) is 0 Å². The summed E-state index contributed by atoms with van der Waals surface area (Å²) in [6.07, 6.45) is 4.35. The summed E-state index contributed by atoms with van der Waals surface area (Å²) >= 11 is 0. The van der Waals surface area contributed by atoms with Gasteiger partial charge in [0.2, 0.25) is 17.7 Å². The highest BCUT2D eigenvalue weighted by Gasteiger charge is 2.41. The van der Waals surface area contributed by atoms with Gasteiger partial charge in [-0.1, -0.05) is 0 Å². The molecule has 0 unspecified atom stereocenters. The Balaban J connectivity index is 1.31. The number of carbonyl (C=O) groups is 2. The molecular weight excluding hydrogens is 336 g/mol. The van der Waals surface area contributed by atoms with Gasteiger partial charge < -0.3 is 19.3 Å². The summed E-state index contributed by atoms with van der Waals surface area (Å²) in [7, 11) is 0. The van der Waals surface area contributed by atoms with Crippen molar-refractivity contribution in [1.82, 2.24) is 20.0 Å². The number of carbonyl (C=O) groups excluding carboxylic acids is 2. The van der Waals surface area contributed by atoms with Crippen molar-refractivity contribution in [2.75, 3.05) is 32.8 Å². The lowest BCUT2D eigenvalue weighted by Gasteiger charge is -2.31. The van der Waals surface area contributed by atoms with Gasteiger partial charge in [-0.3, -0.25) is 9.59 Å². The summed E-state index contributed by atoms with van der Waals surface area (Å²) < 4.78 is 11.2. The van der Waals surface area contributed by atoms with E-state index in [0.29, 0.717) is 45.1 Å². The van der Waals surface area contributed by atoms with E-state index < -0.39 is 0 Å². The molecule has 8 nitrogen and oxygen atoms in total. The fraction of sp³-hybridized carbons (Fsp3) is 0.667. The van der Waals surface area contributed by atoms with Crippen LogP contribution in [0.25, 0.3) is 0 Å². The van der Waals surface area contributed by atoms with Gasteiger partial charge in [-0.25, -0.2) is 0 Å². The zero-order valence-corrected chi connectivity index (χ0v) is 14.7. The minimum Gasteiger partial charge on any atom is -0.471 e. The molecule has 4 heterocycles. The van der Waals surface area contributed by atoms with Crippen LogP contribution in [0.4, 0.5) is 0 Å². The van der Waals surface area contributed by atoms with Crippen LogP contribution in [0.1, 0.15) is 25.7 Å². The van der Waals surface area contributed by atoms with Crippen LogP contribution in [0, 0.1) is 5.92 Å². The van der Waals surface area contributed by atoms with Crippen LogP contribution < -0.4 is 4.74 Å². The quantitative estimate of drug-likeness (QED) is 0.777. The molecule has 3 aliphatic rings. The Morgan fingerprint density at radius 3 is 2.85 bits per heavy atom. The van der Waals surface area contributed by atoms with Gasteiger partial charge in [0.1, 0.15) is 6.10 Å². The number of rotatable bonds is 4. The van der Waals surface area contributed by atoms with Gasteiger partial charge in [-0.2, -0.15) is 5.10 Å². The van der Waals surface area contributed by atoms with Crippen LogP contribution >= 0.6 is 0 Å². The zero-order chi connectivity index (χ0) is 17.9. The highest BCUT2D eigenvalue weighted by Crippen LogP contribution is 2.27. The van der Waals surface area contributed by atoms with Gasteiger partial charge in [-0.05, 0) is 18.9 Å². The molecule has 3 aliphatic heterocycles. The SMILES string of the molecule is O=C([C@@H]1CC(=O)N(C2CCOCC2)C1)N1CC[C@@H](Oc2cccnn2)C1. The van der Waals surface area contributed by atoms with Crippen molar-refractivity contribution in [3.05, 3.63) is 18.3 Å². The summed E-state index contributed by atoms with van der Waals surface area (Å²) in [6.45, 7) is 3.12. The van der Waals surface area contributed by atoms with Gasteiger partial charge in [0.05, 0.1) is 12.5 Å². The molecule has 0 saturated carbocycles. The first kappa shape index (κ1) is 17.2. The standard InChI is InChI=1S/C18H24N4O4/c23-17-10-13(11-22(17)14-4-8-25-9-5-14)18(24)21-7-3-15(12-21)26-16-2-1-6-19-20-16/h1-2,6,13-15H,3-5,7-12H2/t13-,15-/m1/s1. The molecule has 2 atom stereocenters. The number of nitrogens with zero attached hydrogens (tertiary/aromatic N) is 4. The minimum absolute atomic E-state index is 0.0677. The van der Waals surface area contributed by atoms with Gasteiger partial charge in [-0.15, -0.1) is 5.10 Å². The molecule has 8 heteroatoms. The molecule has 0 aromatic carbocycles. The van der Waals surface area contributed by atoms with Gasteiger partial charge >= 0.3 is 0 Å². The average Bonchev–Trinajstić information content (AvgIpc) is 3.29. The first-order chi connectivity index (χ1) is 12.7. The molecule has 0 spiro atoms. The minimum atomic E-state index is -0.236. The number of aromatic nitrogens is 2. The Labute approximate surface area is 152 Å². The topological polar surface area (TPSA) is 84.9 Å². The van der Waals surface area contributed by atoms with Crippen molar-refractivity contribution >= 4 is 11.8 Å². The highest BCUT2D eigenvalue weighted by molar-refractivity contribution is 5.89. The van der Waals surface area contributed by atoms with Gasteiger partial charge in [0, 0.05) is 57.4 Å². The molecular formula is C18H24N4O4. The predicted octanol–water partition coefficient (Wildman–Crippen LogP) is 0.484. The van der Waals surface area contributed by atoms with E-state index in [1.54, 1.807) is 18.3 Å². The van der Waals surface area contributed by atoms with E-state index in [1.165, 1.54) is 0 Å². The van der Waals surface area contributed by atoms with Crippen LogP contribution in [-0.4, -0.2) is 76.8 Å². The Morgan fingerprint density at radius 1 is 1.23 bits per heavy atom. The summed E-state index contributed by atoms with van der Waals surface area (Å²) in [5.74, 6) is 0.411. The molecule has 3 fully saturated rings. The molecule has 0 radical (unpaired) electrons. The second kappa shape index (κ2) is 7.57. The molecule has 1 aromatic rings. The fourth-order valence-electron chi connectivity index (χ4n) is 4.05. The molecule has 26 heavy (non-hydrogen) atoms. The lowest BCUT2D eigenvalue weighted by molar-refractivity contribution is -0.135. The molecule has 2 amide bonds. The van der Waals surface area contributed by atoms with Crippen LogP contribution in [0.15, 0.2) is 18.3 Å². The predicted molar refractivity (Wildman–Crippen MR) is 91.3 cm³/mol. The normalized spacial score (nSPS) is 27.2. The lowest BCUT2D eigenvalue weighted by atomic mass is 10.1. The van der Waals surface area contributed by atoms with E-state index in [1.807, 2.05) is 9.80 Å². The van der Waals surface area contributed by atoms with Gasteiger partial charge in [0.25, 0.3) is 0 Å². The van der Waals surface area contributed by atoms with Crippen molar-refractivity contribution in [2.45, 2.75) is 37.8 Å². The van der Waals surface area contributed by atoms with E-state index in [2.05, 4.69) is 10.2 Å². The molecule has 4 rings (SSSR count). The van der Waals surface area contributed by atoms with Crippen LogP contribution in [0.2, 0.25) is 0 Å². The number of ether oxygens (including phenoxy) is 2. The molecule has 140 valence electrons. The molecule has 1 aromatic heterocycles. The van der Waals surface area contributed by atoms with Crippen molar-refractivity contribution in [1.29, 1.82) is 0 Å². The number of amides is 2. The van der Waals surface area contributed by atoms with Crippen molar-refractivity contribution in [3.63, 3.8) is 0 Å². The summed E-state index contributed by atoms with van der Waals surface area (Å²) in [5.41, 5.74) is 0. The molecule has 0 N–H and O–H groups in total. The van der Waals surface area contributed by atoms with E-state index in [4.69, 9.17) is 9.47 Å². The zero-order valence-electron chi connectivity index (χ0n) is 14.7. The molecule has 3 saturated heterocycles. The highest BCUT2D eigenvalue weighted by atomic mass is 16.5. The maximum atomic E-state index is 12.9. The van der Waals surface area contributed by atoms with Crippen molar-refractivity contribution < 1.29 is 19.1 Å². The third-order valence-electron chi connectivity index (χ3n) is 5.43. The van der Waals surface area contributed by atoms with E-state index in [0.717, 1.165) is 19.3 Å². The van der Waals surface area contributed by atoms with Crippen LogP contribution in [-0.2, 0) is 14.3 Å². The van der Waals surface area contributed by atoms with Gasteiger partial charge in [0.15, 0.2) is 0 Å². The third-order valence-corrected chi connectivity index (χ3v) is 5.43. The smallest absolute Gasteiger partial charge is 0.233 e. The first-order valence-electron chi connectivity index (χ1n) is 9.31. The Morgan fingerprint density at radius 2 is 2.08 bits per heavy atom. The first-order valence-corrected chi connectivity index (χ1v) is 9.31. The largest absolute Gasteiger partial charge is 0.471 e. The second-order valence-corrected chi connectivity index (χ2v) is 7.17. The fourth-order valence-corrected chi connectivity index (χ4v) is 4.05. The Bertz CT molecular complexity index is 650. The maximum Gasteiger partial charge on any atom is 0.233 e. The number of hydrogen-bond donors (Lipinski definition) is 0. The Hall–Kier alpha value is -2.22. The number of likely N-dealkylation sites (tertiary alicyclic amines) is 2. The van der Waals surface area contributed by atoms with Crippen molar-refractivity contribution in [2.24, 2.45) is 5.92 Å². The lowest BCUT2D eigenvalue weighted by Crippen LogP contribution is -2.42. The summed E-state index contributed by atoms with van der Waals surface area (Å²) in [5, 5.41) is 7.72. The number of hydrogen-bond acceptors (Lipinski definition) is 6. The Kier molecular flexibility index (Phi) is 5.01. The summed E-state index contributed by atoms with van der Waals surface area (Å²) in [4.78, 5) is 29.0. The van der Waals surface area contributed by atoms with Crippen molar-refractivity contribution in [3.8, 4) is 5.88 Å². The van der Waals surface area contributed by atoms with E-state index in [9.17, 15) is 9.59 Å². The summed E-state index contributed by atoms with van der Waals surface area (Å²) in [6, 6.07) is 3.76. The van der Waals surface area contributed by atoms with E-state index >= 15 is 0 Å². The molecule has 0 bridgehead atoms. The average molecular weight is 360 g/mol.